The fourth-order valence-electron chi connectivity index (χ4n) is 4.94. The van der Waals surface area contributed by atoms with Crippen molar-refractivity contribution in [2.24, 2.45) is 0 Å². The van der Waals surface area contributed by atoms with Gasteiger partial charge in [0.2, 0.25) is 11.8 Å². The summed E-state index contributed by atoms with van der Waals surface area (Å²) in [6, 6.07) is 24.1. The molecule has 0 aliphatic heterocycles. The molecule has 1 aliphatic carbocycles. The van der Waals surface area contributed by atoms with Crippen molar-refractivity contribution >= 4 is 23.6 Å². The minimum atomic E-state index is -0.637. The van der Waals surface area contributed by atoms with Crippen molar-refractivity contribution < 1.29 is 14.0 Å². The van der Waals surface area contributed by atoms with Crippen LogP contribution in [-0.4, -0.2) is 34.6 Å². The van der Waals surface area contributed by atoms with Gasteiger partial charge in [-0.05, 0) is 42.5 Å². The molecule has 3 aromatic rings. The highest BCUT2D eigenvalue weighted by Gasteiger charge is 2.31. The van der Waals surface area contributed by atoms with Crippen LogP contribution >= 0.6 is 11.8 Å². The zero-order valence-corrected chi connectivity index (χ0v) is 22.9. The highest BCUT2D eigenvalue weighted by atomic mass is 32.2. The summed E-state index contributed by atoms with van der Waals surface area (Å²) in [4.78, 5) is 29.3. The molecule has 0 bridgehead atoms. The summed E-state index contributed by atoms with van der Waals surface area (Å²) in [5.41, 5.74) is 3.71. The lowest BCUT2D eigenvalue weighted by Gasteiger charge is -2.33. The van der Waals surface area contributed by atoms with Gasteiger partial charge in [-0.15, -0.1) is 11.8 Å². The maximum Gasteiger partial charge on any atom is 0.243 e. The highest BCUT2D eigenvalue weighted by Crippen LogP contribution is 2.22. The molecule has 3 aromatic carbocycles. The van der Waals surface area contributed by atoms with Gasteiger partial charge in [0, 0.05) is 24.8 Å². The van der Waals surface area contributed by atoms with Gasteiger partial charge < -0.3 is 10.2 Å². The first-order chi connectivity index (χ1) is 18.5. The molecule has 4 nitrogen and oxygen atoms in total. The fraction of sp³-hybridized carbons (Fsp3) is 0.375. The van der Waals surface area contributed by atoms with Crippen LogP contribution in [0.25, 0.3) is 0 Å². The Bertz CT molecular complexity index is 1180. The number of nitrogens with one attached hydrogen (secondary N) is 1. The molecule has 0 spiro atoms. The van der Waals surface area contributed by atoms with Gasteiger partial charge in [0.25, 0.3) is 0 Å². The summed E-state index contributed by atoms with van der Waals surface area (Å²) in [7, 11) is 0. The average Bonchev–Trinajstić information content (AvgIpc) is 2.94. The standard InChI is InChI=1S/C32H37FN2O2S/c1-24-16-18-26(19-17-24)21-35(31(36)23-38-22-27-12-8-9-15-29(27)33)30(20-25-10-4-2-5-11-25)32(37)34-28-13-6-3-7-14-28/h2,4-5,8-12,15-19,28,30H,3,6-7,13-14,20-23H2,1H3,(H,34,37)/t30-/m1/s1. The van der Waals surface area contributed by atoms with Gasteiger partial charge in [-0.2, -0.15) is 0 Å². The van der Waals surface area contributed by atoms with E-state index in [9.17, 15) is 14.0 Å². The van der Waals surface area contributed by atoms with E-state index in [1.54, 1.807) is 23.1 Å². The van der Waals surface area contributed by atoms with Gasteiger partial charge in [0.1, 0.15) is 11.9 Å². The third-order valence-electron chi connectivity index (χ3n) is 7.14. The van der Waals surface area contributed by atoms with E-state index >= 15 is 0 Å². The second-order valence-electron chi connectivity index (χ2n) is 10.1. The summed E-state index contributed by atoms with van der Waals surface area (Å²) < 4.78 is 14.1. The molecule has 0 unspecified atom stereocenters. The third kappa shape index (κ3) is 8.19. The second-order valence-corrected chi connectivity index (χ2v) is 11.1. The van der Waals surface area contributed by atoms with Gasteiger partial charge in [-0.1, -0.05) is 97.6 Å². The molecule has 0 saturated heterocycles. The first kappa shape index (κ1) is 27.9. The van der Waals surface area contributed by atoms with Crippen LogP contribution in [0.3, 0.4) is 0 Å². The zero-order valence-electron chi connectivity index (χ0n) is 22.1. The van der Waals surface area contributed by atoms with Crippen LogP contribution in [-0.2, 0) is 28.3 Å². The number of carbonyl (C=O) groups excluding carboxylic acids is 2. The molecule has 0 aromatic heterocycles. The molecule has 6 heteroatoms. The lowest BCUT2D eigenvalue weighted by atomic mass is 9.94. The van der Waals surface area contributed by atoms with E-state index < -0.39 is 6.04 Å². The zero-order chi connectivity index (χ0) is 26.7. The van der Waals surface area contributed by atoms with Crippen molar-refractivity contribution in [3.05, 3.63) is 107 Å². The molecule has 1 aliphatic rings. The molecule has 1 atom stereocenters. The lowest BCUT2D eigenvalue weighted by molar-refractivity contribution is -0.139. The Hall–Kier alpha value is -3.12. The van der Waals surface area contributed by atoms with Crippen LogP contribution in [0, 0.1) is 12.7 Å². The minimum Gasteiger partial charge on any atom is -0.352 e. The van der Waals surface area contributed by atoms with Gasteiger partial charge in [-0.3, -0.25) is 9.59 Å². The van der Waals surface area contributed by atoms with Gasteiger partial charge in [-0.25, -0.2) is 4.39 Å². The SMILES string of the molecule is Cc1ccc(CN(C(=O)CSCc2ccccc2F)[C@H](Cc2ccccc2)C(=O)NC2CCCCC2)cc1. The Morgan fingerprint density at radius 2 is 1.61 bits per heavy atom. The van der Waals surface area contributed by atoms with Gasteiger partial charge in [0.15, 0.2) is 0 Å². The van der Waals surface area contributed by atoms with E-state index in [0.29, 0.717) is 24.3 Å². The summed E-state index contributed by atoms with van der Waals surface area (Å²) in [5.74, 6) is 0.0843. The maximum atomic E-state index is 14.1. The molecule has 1 saturated carbocycles. The van der Waals surface area contributed by atoms with Crippen molar-refractivity contribution in [2.75, 3.05) is 5.75 Å². The summed E-state index contributed by atoms with van der Waals surface area (Å²) in [6.07, 6.45) is 5.84. The van der Waals surface area contributed by atoms with E-state index in [2.05, 4.69) is 5.32 Å². The van der Waals surface area contributed by atoms with Crippen LogP contribution in [0.5, 0.6) is 0 Å². The Kier molecular flexibility index (Phi) is 10.4. The topological polar surface area (TPSA) is 49.4 Å². The quantitative estimate of drug-likeness (QED) is 0.309. The number of benzene rings is 3. The molecule has 1 fully saturated rings. The number of carbonyl (C=O) groups is 2. The number of halogens is 1. The smallest absolute Gasteiger partial charge is 0.243 e. The Morgan fingerprint density at radius 1 is 0.921 bits per heavy atom. The fourth-order valence-corrected chi connectivity index (χ4v) is 5.83. The summed E-state index contributed by atoms with van der Waals surface area (Å²) in [6.45, 7) is 2.37. The molecule has 200 valence electrons. The van der Waals surface area contributed by atoms with Gasteiger partial charge in [0.05, 0.1) is 5.75 Å². The molecule has 38 heavy (non-hydrogen) atoms. The normalized spacial score (nSPS) is 14.6. The molecule has 4 rings (SSSR count). The van der Waals surface area contributed by atoms with Crippen molar-refractivity contribution in [1.29, 1.82) is 0 Å². The predicted molar refractivity (Wildman–Crippen MR) is 153 cm³/mol. The van der Waals surface area contributed by atoms with Crippen molar-refractivity contribution in [1.82, 2.24) is 10.2 Å². The molecule has 0 radical (unpaired) electrons. The van der Waals surface area contributed by atoms with Crippen LogP contribution in [0.1, 0.15) is 54.4 Å². The predicted octanol–water partition coefficient (Wildman–Crippen LogP) is 6.46. The minimum absolute atomic E-state index is 0.0969. The number of rotatable bonds is 11. The monoisotopic (exact) mass is 532 g/mol. The largest absolute Gasteiger partial charge is 0.352 e. The highest BCUT2D eigenvalue weighted by molar-refractivity contribution is 7.99. The maximum absolute atomic E-state index is 14.1. The van der Waals surface area contributed by atoms with Crippen molar-refractivity contribution in [3.63, 3.8) is 0 Å². The van der Waals surface area contributed by atoms with E-state index in [4.69, 9.17) is 0 Å². The number of aryl methyl sites for hydroxylation is 1. The second kappa shape index (κ2) is 14.1. The first-order valence-electron chi connectivity index (χ1n) is 13.5. The molecule has 2 amide bonds. The van der Waals surface area contributed by atoms with E-state index in [-0.39, 0.29) is 29.4 Å². The average molecular weight is 533 g/mol. The number of thioether (sulfide) groups is 1. The van der Waals surface area contributed by atoms with Crippen LogP contribution in [0.2, 0.25) is 0 Å². The molecular formula is C32H37FN2O2S. The first-order valence-corrected chi connectivity index (χ1v) is 14.7. The van der Waals surface area contributed by atoms with Crippen molar-refractivity contribution in [3.8, 4) is 0 Å². The number of amides is 2. The number of nitrogens with zero attached hydrogens (tertiary/aromatic N) is 1. The van der Waals surface area contributed by atoms with Crippen LogP contribution < -0.4 is 5.32 Å². The Labute approximate surface area is 230 Å². The van der Waals surface area contributed by atoms with E-state index in [1.165, 1.54) is 24.2 Å². The lowest BCUT2D eigenvalue weighted by Crippen LogP contribution is -2.53. The Morgan fingerprint density at radius 3 is 2.32 bits per heavy atom. The Balaban J connectivity index is 1.56. The summed E-state index contributed by atoms with van der Waals surface area (Å²) in [5, 5.41) is 3.27. The number of hydrogen-bond donors (Lipinski definition) is 1. The van der Waals surface area contributed by atoms with Crippen LogP contribution in [0.4, 0.5) is 4.39 Å². The summed E-state index contributed by atoms with van der Waals surface area (Å²) >= 11 is 1.38. The molecule has 0 heterocycles. The molecular weight excluding hydrogens is 495 g/mol. The third-order valence-corrected chi connectivity index (χ3v) is 8.10. The van der Waals surface area contributed by atoms with Gasteiger partial charge >= 0.3 is 0 Å². The number of hydrogen-bond acceptors (Lipinski definition) is 3. The van der Waals surface area contributed by atoms with E-state index in [1.807, 2.05) is 61.5 Å². The van der Waals surface area contributed by atoms with Crippen molar-refractivity contribution in [2.45, 2.75) is 69.8 Å². The van der Waals surface area contributed by atoms with E-state index in [0.717, 1.165) is 42.4 Å². The molecule has 1 N–H and O–H groups in total. The van der Waals surface area contributed by atoms with Crippen LogP contribution in [0.15, 0.2) is 78.9 Å².